The van der Waals surface area contributed by atoms with Gasteiger partial charge in [0.15, 0.2) is 0 Å². The summed E-state index contributed by atoms with van der Waals surface area (Å²) in [6.07, 6.45) is -5.30. The summed E-state index contributed by atoms with van der Waals surface area (Å²) >= 11 is 0. The number of rotatable bonds is 4. The molecule has 7 heteroatoms. The second-order valence-electron chi connectivity index (χ2n) is 1.97. The van der Waals surface area contributed by atoms with Crippen LogP contribution in [-0.4, -0.2) is 39.3 Å². The smallest absolute Gasteiger partial charge is 0.438 e. The Morgan fingerprint density at radius 1 is 1.31 bits per heavy atom. The maximum atomic E-state index is 11.5. The average Bonchev–Trinajstić information content (AvgIpc) is 2.01. The summed E-state index contributed by atoms with van der Waals surface area (Å²) in [5.74, 6) is 0. The summed E-state index contributed by atoms with van der Waals surface area (Å²) in [5.41, 5.74) is 0. The van der Waals surface area contributed by atoms with E-state index < -0.39 is 18.9 Å². The molecular formula is C6H9F3O4. The Kier molecular flexibility index (Phi) is 5.20. The Hall–Kier alpha value is -0.980. The van der Waals surface area contributed by atoms with Crippen molar-refractivity contribution >= 4 is 6.16 Å². The van der Waals surface area contributed by atoms with Crippen LogP contribution in [0.3, 0.4) is 0 Å². The fraction of sp³-hybridized carbons (Fsp3) is 0.833. The van der Waals surface area contributed by atoms with Gasteiger partial charge in [0.05, 0.1) is 13.7 Å². The second kappa shape index (κ2) is 5.63. The zero-order valence-electron chi connectivity index (χ0n) is 6.89. The molecule has 0 aromatic heterocycles. The Labute approximate surface area is 72.6 Å². The summed E-state index contributed by atoms with van der Waals surface area (Å²) in [6, 6.07) is 0. The predicted molar refractivity (Wildman–Crippen MR) is 35.2 cm³/mol. The molecule has 0 saturated carbocycles. The molecule has 0 spiro atoms. The van der Waals surface area contributed by atoms with Crippen LogP contribution in [0, 0.1) is 0 Å². The lowest BCUT2D eigenvalue weighted by Gasteiger charge is -2.07. The largest absolute Gasteiger partial charge is 0.508 e. The van der Waals surface area contributed by atoms with E-state index in [0.717, 1.165) is 7.11 Å². The van der Waals surface area contributed by atoms with Crippen LogP contribution in [0.5, 0.6) is 0 Å². The highest BCUT2D eigenvalue weighted by molar-refractivity contribution is 5.59. The molecule has 0 bridgehead atoms. The van der Waals surface area contributed by atoms with E-state index in [4.69, 9.17) is 0 Å². The Morgan fingerprint density at radius 2 is 1.92 bits per heavy atom. The van der Waals surface area contributed by atoms with Gasteiger partial charge in [-0.3, -0.25) is 0 Å². The van der Waals surface area contributed by atoms with Gasteiger partial charge in [-0.1, -0.05) is 0 Å². The fourth-order valence-electron chi connectivity index (χ4n) is 0.431. The van der Waals surface area contributed by atoms with Crippen molar-refractivity contribution in [1.82, 2.24) is 0 Å². The number of carbonyl (C=O) groups is 1. The fourth-order valence-corrected chi connectivity index (χ4v) is 0.431. The van der Waals surface area contributed by atoms with Crippen LogP contribution in [0.2, 0.25) is 0 Å². The SMILES string of the molecule is COC(=O)OCCOCC(F)(F)F. The Bertz CT molecular complexity index is 156. The van der Waals surface area contributed by atoms with Crippen molar-refractivity contribution in [2.24, 2.45) is 0 Å². The molecule has 0 aliphatic carbocycles. The van der Waals surface area contributed by atoms with Gasteiger partial charge >= 0.3 is 12.3 Å². The zero-order chi connectivity index (χ0) is 10.3. The van der Waals surface area contributed by atoms with Gasteiger partial charge in [-0.15, -0.1) is 0 Å². The highest BCUT2D eigenvalue weighted by Crippen LogP contribution is 2.13. The van der Waals surface area contributed by atoms with Crippen LogP contribution in [0.1, 0.15) is 0 Å². The third kappa shape index (κ3) is 8.93. The molecule has 0 aromatic rings. The molecule has 0 atom stereocenters. The van der Waals surface area contributed by atoms with Crippen molar-refractivity contribution in [1.29, 1.82) is 0 Å². The minimum atomic E-state index is -4.36. The van der Waals surface area contributed by atoms with Gasteiger partial charge in [-0.2, -0.15) is 13.2 Å². The van der Waals surface area contributed by atoms with E-state index in [1.165, 1.54) is 0 Å². The number of hydrogen-bond acceptors (Lipinski definition) is 4. The third-order valence-electron chi connectivity index (χ3n) is 0.880. The molecule has 0 saturated heterocycles. The van der Waals surface area contributed by atoms with Gasteiger partial charge < -0.3 is 14.2 Å². The summed E-state index contributed by atoms with van der Waals surface area (Å²) in [5, 5.41) is 0. The van der Waals surface area contributed by atoms with E-state index in [1.807, 2.05) is 0 Å². The molecule has 0 radical (unpaired) electrons. The molecule has 0 fully saturated rings. The number of methoxy groups -OCH3 is 1. The first-order valence-corrected chi connectivity index (χ1v) is 3.31. The maximum absolute atomic E-state index is 11.5. The van der Waals surface area contributed by atoms with Crippen molar-refractivity contribution in [3.05, 3.63) is 0 Å². The molecule has 4 nitrogen and oxygen atoms in total. The highest BCUT2D eigenvalue weighted by atomic mass is 19.4. The van der Waals surface area contributed by atoms with Crippen molar-refractivity contribution < 1.29 is 32.2 Å². The van der Waals surface area contributed by atoms with Crippen LogP contribution in [0.25, 0.3) is 0 Å². The first-order valence-electron chi connectivity index (χ1n) is 3.31. The van der Waals surface area contributed by atoms with Gasteiger partial charge in [-0.05, 0) is 0 Å². The topological polar surface area (TPSA) is 44.8 Å². The number of alkyl halides is 3. The average molecular weight is 202 g/mol. The summed E-state index contributed by atoms with van der Waals surface area (Å²) < 4.78 is 46.8. The quantitative estimate of drug-likeness (QED) is 0.509. The first kappa shape index (κ1) is 12.0. The van der Waals surface area contributed by atoms with Gasteiger partial charge in [-0.25, -0.2) is 4.79 Å². The number of ether oxygens (including phenoxy) is 3. The molecule has 0 rings (SSSR count). The summed E-state index contributed by atoms with van der Waals surface area (Å²) in [7, 11) is 1.10. The zero-order valence-corrected chi connectivity index (χ0v) is 6.89. The minimum absolute atomic E-state index is 0.261. The van der Waals surface area contributed by atoms with E-state index in [-0.39, 0.29) is 13.2 Å². The molecule has 0 unspecified atom stereocenters. The molecule has 0 heterocycles. The lowest BCUT2D eigenvalue weighted by Crippen LogP contribution is -2.19. The Balaban J connectivity index is 3.22. The lowest BCUT2D eigenvalue weighted by atomic mass is 10.7. The molecule has 0 N–H and O–H groups in total. The second-order valence-corrected chi connectivity index (χ2v) is 1.97. The third-order valence-corrected chi connectivity index (χ3v) is 0.880. The highest BCUT2D eigenvalue weighted by Gasteiger charge is 2.27. The van der Waals surface area contributed by atoms with Gasteiger partial charge in [0, 0.05) is 0 Å². The number of carbonyl (C=O) groups excluding carboxylic acids is 1. The first-order chi connectivity index (χ1) is 5.95. The van der Waals surface area contributed by atoms with Crippen molar-refractivity contribution in [2.75, 3.05) is 26.9 Å². The standard InChI is InChI=1S/C6H9F3O4/c1-11-5(10)13-3-2-12-4-6(7,8)9/h2-4H2,1H3. The van der Waals surface area contributed by atoms with Crippen LogP contribution in [-0.2, 0) is 14.2 Å². The predicted octanol–water partition coefficient (Wildman–Crippen LogP) is 1.35. The van der Waals surface area contributed by atoms with E-state index in [9.17, 15) is 18.0 Å². The van der Waals surface area contributed by atoms with Crippen LogP contribution in [0.15, 0.2) is 0 Å². The van der Waals surface area contributed by atoms with E-state index in [1.54, 1.807) is 0 Å². The van der Waals surface area contributed by atoms with Crippen LogP contribution < -0.4 is 0 Å². The van der Waals surface area contributed by atoms with Gasteiger partial charge in [0.2, 0.25) is 0 Å². The molecule has 0 aliphatic rings. The molecule has 13 heavy (non-hydrogen) atoms. The maximum Gasteiger partial charge on any atom is 0.508 e. The van der Waals surface area contributed by atoms with Crippen molar-refractivity contribution in [2.45, 2.75) is 6.18 Å². The van der Waals surface area contributed by atoms with Gasteiger partial charge in [0.1, 0.15) is 13.2 Å². The number of hydrogen-bond donors (Lipinski definition) is 0. The van der Waals surface area contributed by atoms with E-state index in [0.29, 0.717) is 0 Å². The normalized spacial score (nSPS) is 11.1. The summed E-state index contributed by atoms with van der Waals surface area (Å²) in [4.78, 5) is 10.2. The van der Waals surface area contributed by atoms with Gasteiger partial charge in [0.25, 0.3) is 0 Å². The van der Waals surface area contributed by atoms with Crippen molar-refractivity contribution in [3.8, 4) is 0 Å². The van der Waals surface area contributed by atoms with E-state index >= 15 is 0 Å². The monoisotopic (exact) mass is 202 g/mol. The van der Waals surface area contributed by atoms with Crippen LogP contribution >= 0.6 is 0 Å². The Morgan fingerprint density at radius 3 is 2.38 bits per heavy atom. The molecular weight excluding hydrogens is 193 g/mol. The van der Waals surface area contributed by atoms with Crippen LogP contribution in [0.4, 0.5) is 18.0 Å². The molecule has 78 valence electrons. The molecule has 0 amide bonds. The van der Waals surface area contributed by atoms with Crippen molar-refractivity contribution in [3.63, 3.8) is 0 Å². The minimum Gasteiger partial charge on any atom is -0.438 e. The lowest BCUT2D eigenvalue weighted by molar-refractivity contribution is -0.175. The molecule has 0 aromatic carbocycles. The number of halogens is 3. The molecule has 0 aliphatic heterocycles. The summed E-state index contributed by atoms with van der Waals surface area (Å²) in [6.45, 7) is -1.92. The van der Waals surface area contributed by atoms with E-state index in [2.05, 4.69) is 14.2 Å².